The van der Waals surface area contributed by atoms with Gasteiger partial charge in [0.2, 0.25) is 5.91 Å². The van der Waals surface area contributed by atoms with Crippen molar-refractivity contribution >= 4 is 5.91 Å². The molecule has 0 aromatic carbocycles. The van der Waals surface area contributed by atoms with Crippen LogP contribution in [-0.4, -0.2) is 50.9 Å². The van der Waals surface area contributed by atoms with Crippen molar-refractivity contribution < 1.29 is 9.53 Å². The lowest BCUT2D eigenvalue weighted by Gasteiger charge is -2.55. The molecule has 1 aliphatic rings. The summed E-state index contributed by atoms with van der Waals surface area (Å²) < 4.78 is 7.35. The molecule has 1 aliphatic carbocycles. The number of amides is 1. The molecule has 0 saturated heterocycles. The first kappa shape index (κ1) is 15.9. The summed E-state index contributed by atoms with van der Waals surface area (Å²) in [6.07, 6.45) is 5.15. The summed E-state index contributed by atoms with van der Waals surface area (Å²) in [6, 6.07) is 0.241. The molecule has 0 bridgehead atoms. The summed E-state index contributed by atoms with van der Waals surface area (Å²) in [6.45, 7) is 10.2. The maximum atomic E-state index is 12.6. The minimum atomic E-state index is 0.00318. The van der Waals surface area contributed by atoms with E-state index in [2.05, 4.69) is 30.9 Å². The van der Waals surface area contributed by atoms with E-state index in [4.69, 9.17) is 4.74 Å². The maximum Gasteiger partial charge on any atom is 0.244 e. The number of aromatic nitrogens is 3. The molecule has 0 N–H and O–H groups in total. The average Bonchev–Trinajstić information content (AvgIpc) is 2.94. The predicted octanol–water partition coefficient (Wildman–Crippen LogP) is 1.72. The second-order valence-corrected chi connectivity index (χ2v) is 6.20. The molecule has 0 spiro atoms. The lowest BCUT2D eigenvalue weighted by molar-refractivity contribution is -0.167. The van der Waals surface area contributed by atoms with E-state index in [0.717, 1.165) is 26.0 Å². The Bertz CT molecular complexity index is 458. The first-order chi connectivity index (χ1) is 10.0. The number of hydrogen-bond acceptors (Lipinski definition) is 4. The van der Waals surface area contributed by atoms with E-state index in [-0.39, 0.29) is 30.0 Å². The zero-order valence-electron chi connectivity index (χ0n) is 13.5. The van der Waals surface area contributed by atoms with Crippen LogP contribution in [0.3, 0.4) is 0 Å². The molecule has 2 rings (SSSR count). The molecule has 0 radical (unpaired) electrons. The van der Waals surface area contributed by atoms with Crippen LogP contribution in [0.25, 0.3) is 0 Å². The molecule has 2 atom stereocenters. The Morgan fingerprint density at radius 1 is 1.48 bits per heavy atom. The molecule has 1 fully saturated rings. The Hall–Kier alpha value is -1.43. The van der Waals surface area contributed by atoms with Crippen molar-refractivity contribution in [1.82, 2.24) is 19.7 Å². The molecule has 1 aromatic rings. The Labute approximate surface area is 126 Å². The Balaban J connectivity index is 2.04. The molecular weight excluding hydrogens is 268 g/mol. The normalized spacial score (nSPS) is 23.6. The van der Waals surface area contributed by atoms with E-state index in [9.17, 15) is 4.79 Å². The standard InChI is InChI=1S/C15H26N4O2/c1-5-7-19(14(20)9-18-11-16-10-17-18)12-8-13(21-6-2)15(12,3)4/h10-13H,5-9H2,1-4H3/t12-,13+/m0/s1. The number of hydrogen-bond donors (Lipinski definition) is 0. The fourth-order valence-electron chi connectivity index (χ4n) is 3.12. The van der Waals surface area contributed by atoms with Crippen molar-refractivity contribution in [1.29, 1.82) is 0 Å². The van der Waals surface area contributed by atoms with E-state index in [1.165, 1.54) is 6.33 Å². The minimum absolute atomic E-state index is 0.00318. The predicted molar refractivity (Wildman–Crippen MR) is 79.6 cm³/mol. The van der Waals surface area contributed by atoms with Gasteiger partial charge in [0.1, 0.15) is 19.2 Å². The van der Waals surface area contributed by atoms with Gasteiger partial charge in [-0.05, 0) is 19.8 Å². The van der Waals surface area contributed by atoms with E-state index in [1.807, 2.05) is 11.8 Å². The van der Waals surface area contributed by atoms with Gasteiger partial charge in [-0.25, -0.2) is 9.67 Å². The smallest absolute Gasteiger partial charge is 0.244 e. The second-order valence-electron chi connectivity index (χ2n) is 6.20. The SMILES string of the molecule is CCCN(C(=O)Cn1cncn1)[C@H]1C[C@@H](OCC)C1(C)C. The van der Waals surface area contributed by atoms with Crippen LogP contribution >= 0.6 is 0 Å². The van der Waals surface area contributed by atoms with Gasteiger partial charge in [0.15, 0.2) is 0 Å². The van der Waals surface area contributed by atoms with Crippen LogP contribution in [-0.2, 0) is 16.1 Å². The molecule has 1 aromatic heterocycles. The summed E-state index contributed by atoms with van der Waals surface area (Å²) in [5, 5.41) is 4.02. The second kappa shape index (κ2) is 6.56. The van der Waals surface area contributed by atoms with Crippen molar-refractivity contribution in [3.8, 4) is 0 Å². The third-order valence-electron chi connectivity index (χ3n) is 4.42. The van der Waals surface area contributed by atoms with E-state index in [1.54, 1.807) is 11.0 Å². The van der Waals surface area contributed by atoms with Crippen LogP contribution in [0, 0.1) is 5.41 Å². The van der Waals surface area contributed by atoms with Gasteiger partial charge in [-0.2, -0.15) is 5.10 Å². The zero-order valence-corrected chi connectivity index (χ0v) is 13.5. The third kappa shape index (κ3) is 3.26. The highest BCUT2D eigenvalue weighted by atomic mass is 16.5. The number of ether oxygens (including phenoxy) is 1. The highest BCUT2D eigenvalue weighted by Crippen LogP contribution is 2.46. The maximum absolute atomic E-state index is 12.6. The number of carbonyl (C=O) groups excluding carboxylic acids is 1. The third-order valence-corrected chi connectivity index (χ3v) is 4.42. The summed E-state index contributed by atoms with van der Waals surface area (Å²) in [5.74, 6) is 0.107. The molecule has 0 aliphatic heterocycles. The number of carbonyl (C=O) groups is 1. The van der Waals surface area contributed by atoms with E-state index >= 15 is 0 Å². The lowest BCUT2D eigenvalue weighted by Crippen LogP contribution is -2.63. The van der Waals surface area contributed by atoms with Crippen LogP contribution < -0.4 is 0 Å². The molecule has 1 heterocycles. The van der Waals surface area contributed by atoms with Gasteiger partial charge in [-0.15, -0.1) is 0 Å². The van der Waals surface area contributed by atoms with Crippen molar-refractivity contribution in [3.05, 3.63) is 12.7 Å². The van der Waals surface area contributed by atoms with Gasteiger partial charge in [0.25, 0.3) is 0 Å². The van der Waals surface area contributed by atoms with Crippen LogP contribution in [0.15, 0.2) is 12.7 Å². The van der Waals surface area contributed by atoms with Gasteiger partial charge >= 0.3 is 0 Å². The summed E-state index contributed by atoms with van der Waals surface area (Å²) in [5.41, 5.74) is 0.00318. The highest BCUT2D eigenvalue weighted by molar-refractivity contribution is 5.76. The fourth-order valence-corrected chi connectivity index (χ4v) is 3.12. The van der Waals surface area contributed by atoms with Crippen molar-refractivity contribution in [2.24, 2.45) is 5.41 Å². The quantitative estimate of drug-likeness (QED) is 0.768. The van der Waals surface area contributed by atoms with Gasteiger partial charge < -0.3 is 9.64 Å². The van der Waals surface area contributed by atoms with Crippen molar-refractivity contribution in [2.75, 3.05) is 13.2 Å². The van der Waals surface area contributed by atoms with Gasteiger partial charge in [-0.1, -0.05) is 20.8 Å². The van der Waals surface area contributed by atoms with Gasteiger partial charge in [0, 0.05) is 24.6 Å². The largest absolute Gasteiger partial charge is 0.378 e. The molecule has 21 heavy (non-hydrogen) atoms. The summed E-state index contributed by atoms with van der Waals surface area (Å²) in [4.78, 5) is 18.5. The van der Waals surface area contributed by atoms with Crippen LogP contribution in [0.1, 0.15) is 40.5 Å². The number of nitrogens with zero attached hydrogens (tertiary/aromatic N) is 4. The minimum Gasteiger partial charge on any atom is -0.378 e. The van der Waals surface area contributed by atoms with Crippen molar-refractivity contribution in [2.45, 2.75) is 59.2 Å². The molecule has 0 unspecified atom stereocenters. The Morgan fingerprint density at radius 3 is 2.76 bits per heavy atom. The first-order valence-electron chi connectivity index (χ1n) is 7.74. The Kier molecular flexibility index (Phi) is 4.98. The van der Waals surface area contributed by atoms with Crippen LogP contribution in [0.4, 0.5) is 0 Å². The monoisotopic (exact) mass is 294 g/mol. The van der Waals surface area contributed by atoms with Gasteiger partial charge in [0.05, 0.1) is 6.10 Å². The first-order valence-corrected chi connectivity index (χ1v) is 7.74. The fraction of sp³-hybridized carbons (Fsp3) is 0.800. The summed E-state index contributed by atoms with van der Waals surface area (Å²) >= 11 is 0. The lowest BCUT2D eigenvalue weighted by atomic mass is 9.63. The number of rotatable bonds is 7. The average molecular weight is 294 g/mol. The molecule has 6 heteroatoms. The summed E-state index contributed by atoms with van der Waals surface area (Å²) in [7, 11) is 0. The Morgan fingerprint density at radius 2 is 2.24 bits per heavy atom. The molecular formula is C15H26N4O2. The molecule has 1 amide bonds. The van der Waals surface area contributed by atoms with E-state index in [0.29, 0.717) is 0 Å². The van der Waals surface area contributed by atoms with E-state index < -0.39 is 0 Å². The van der Waals surface area contributed by atoms with Crippen LogP contribution in [0.5, 0.6) is 0 Å². The topological polar surface area (TPSA) is 60.2 Å². The molecule has 1 saturated carbocycles. The van der Waals surface area contributed by atoms with Crippen molar-refractivity contribution in [3.63, 3.8) is 0 Å². The highest BCUT2D eigenvalue weighted by Gasteiger charge is 2.52. The van der Waals surface area contributed by atoms with Crippen LogP contribution in [0.2, 0.25) is 0 Å². The molecule has 118 valence electrons. The van der Waals surface area contributed by atoms with Gasteiger partial charge in [-0.3, -0.25) is 4.79 Å². The molecule has 6 nitrogen and oxygen atoms in total. The zero-order chi connectivity index (χ0) is 15.5.